The molecular weight excluding hydrogens is 989 g/mol. The van der Waals surface area contributed by atoms with E-state index in [1.165, 1.54) is 48.2 Å². The number of aliphatic hydroxyl groups is 1. The minimum atomic E-state index is -1.33. The number of aliphatic hydroxyl groups excluding tert-OH is 1. The molecule has 2 heterocycles. The van der Waals surface area contributed by atoms with Crippen LogP contribution in [0.3, 0.4) is 0 Å². The molecule has 2 fully saturated rings. The van der Waals surface area contributed by atoms with Crippen LogP contribution in [0.4, 0.5) is 0 Å². The smallest absolute Gasteiger partial charge is 0.305 e. The van der Waals surface area contributed by atoms with Gasteiger partial charge >= 0.3 is 5.97 Å². The molecule has 2 aliphatic heterocycles. The van der Waals surface area contributed by atoms with E-state index in [1.807, 2.05) is 75.4 Å². The molecule has 3 aromatic rings. The lowest BCUT2D eigenvalue weighted by Crippen LogP contribution is -2.59. The average Bonchev–Trinajstić information content (AvgIpc) is 4.05. The van der Waals surface area contributed by atoms with Crippen molar-refractivity contribution in [3.8, 4) is 0 Å². The molecule has 1 aliphatic carbocycles. The fraction of sp³-hybridized carbons (Fsp3) is 0.518. The number of nitrogens with zero attached hydrogens (tertiary/aromatic N) is 2. The third-order valence-electron chi connectivity index (χ3n) is 14.7. The molecule has 10 atom stereocenters. The van der Waals surface area contributed by atoms with Crippen molar-refractivity contribution in [3.05, 3.63) is 107 Å². The minimum Gasteiger partial charge on any atom is -0.469 e. The minimum absolute atomic E-state index is 0.0361. The lowest BCUT2D eigenvalue weighted by molar-refractivity contribution is -0.144. The number of likely N-dealkylation sites (N-methyl/N-ethyl adjacent to an activating group) is 2. The van der Waals surface area contributed by atoms with Crippen LogP contribution < -0.4 is 42.5 Å². The third kappa shape index (κ3) is 15.0. The monoisotopic (exact) mass is 1060 g/mol. The van der Waals surface area contributed by atoms with Crippen molar-refractivity contribution in [3.63, 3.8) is 0 Å². The van der Waals surface area contributed by atoms with Gasteiger partial charge in [-0.3, -0.25) is 43.2 Å². The molecule has 0 radical (unpaired) electrons. The maximum Gasteiger partial charge on any atom is 0.305 e. The molecule has 3 aromatic carbocycles. The molecule has 77 heavy (non-hydrogen) atoms. The zero-order valence-corrected chi connectivity index (χ0v) is 45.3. The van der Waals surface area contributed by atoms with Crippen LogP contribution in [0.2, 0.25) is 0 Å². The van der Waals surface area contributed by atoms with Gasteiger partial charge in [0.15, 0.2) is 0 Å². The normalized spacial score (nSPS) is 21.0. The molecule has 9 N–H and O–H groups in total. The molecule has 416 valence electrons. The molecule has 21 nitrogen and oxygen atoms in total. The molecule has 2 saturated heterocycles. The second-order valence-corrected chi connectivity index (χ2v) is 21.2. The summed E-state index contributed by atoms with van der Waals surface area (Å²) in [5.41, 5.74) is 2.37. The number of methoxy groups -OCH3 is 1. The molecule has 0 saturated carbocycles. The van der Waals surface area contributed by atoms with Gasteiger partial charge in [0, 0.05) is 42.7 Å². The standard InChI is InChI=1S/C56H76N10O11/c1-32(34-16-10-9-11-17-34)59-52(73)44-27-38(29-65(44)54(75)42(24-25-46(68)77-8)63-51(72)43(31-67)58-7)60-49(70)36-20-14-21-37(26-36)50(71)61-39-28-45(53(74)62-41-23-15-19-35-18-12-13-22-40(35)41)66(30-39)55(76)47(56(3,4)5)64-48(69)33(2)57-6/h9-14,16-18,20-22,26,32-33,38-39,41-45,47,57-58,67H,15,19,23-25,27-31H2,1-8H3,(H,59,73)(H,60,70)(H,61,71)(H,62,74)(H,63,72)(H,64,69)/t32-,33+,38+,39+,41-,42+,43+,44+,45+,47?/m1/s1. The van der Waals surface area contributed by atoms with Gasteiger partial charge < -0.3 is 62.2 Å². The Bertz CT molecular complexity index is 2620. The molecule has 6 rings (SSSR count). The van der Waals surface area contributed by atoms with Crippen LogP contribution in [0.25, 0.3) is 0 Å². The van der Waals surface area contributed by atoms with E-state index in [-0.39, 0.29) is 61.8 Å². The third-order valence-corrected chi connectivity index (χ3v) is 14.7. The summed E-state index contributed by atoms with van der Waals surface area (Å²) in [7, 11) is 4.28. The van der Waals surface area contributed by atoms with Gasteiger partial charge in [-0.15, -0.1) is 0 Å². The highest BCUT2D eigenvalue weighted by Crippen LogP contribution is 2.32. The van der Waals surface area contributed by atoms with Crippen LogP contribution in [0.1, 0.15) is 123 Å². The Morgan fingerprint density at radius 2 is 1.29 bits per heavy atom. The van der Waals surface area contributed by atoms with Crippen molar-refractivity contribution in [1.29, 1.82) is 0 Å². The van der Waals surface area contributed by atoms with E-state index in [2.05, 4.69) is 42.5 Å². The van der Waals surface area contributed by atoms with Crippen molar-refractivity contribution < 1.29 is 53.0 Å². The number of hydrogen-bond donors (Lipinski definition) is 9. The lowest BCUT2D eigenvalue weighted by Gasteiger charge is -2.36. The summed E-state index contributed by atoms with van der Waals surface area (Å²) in [5, 5.41) is 32.9. The van der Waals surface area contributed by atoms with E-state index >= 15 is 0 Å². The summed E-state index contributed by atoms with van der Waals surface area (Å²) >= 11 is 0. The molecule has 1 unspecified atom stereocenters. The van der Waals surface area contributed by atoms with Gasteiger partial charge in [-0.1, -0.05) is 81.4 Å². The number of nitrogens with one attached hydrogen (secondary N) is 8. The van der Waals surface area contributed by atoms with Gasteiger partial charge in [0.2, 0.25) is 35.4 Å². The van der Waals surface area contributed by atoms with Crippen molar-refractivity contribution in [2.24, 2.45) is 5.41 Å². The van der Waals surface area contributed by atoms with Gasteiger partial charge in [0.1, 0.15) is 30.2 Å². The summed E-state index contributed by atoms with van der Waals surface area (Å²) in [6, 6.07) is 14.6. The van der Waals surface area contributed by atoms with E-state index in [0.29, 0.717) is 6.42 Å². The molecule has 0 aromatic heterocycles. The summed E-state index contributed by atoms with van der Waals surface area (Å²) in [4.78, 5) is 127. The van der Waals surface area contributed by atoms with E-state index in [9.17, 15) is 48.3 Å². The van der Waals surface area contributed by atoms with Crippen LogP contribution in [0, 0.1) is 5.41 Å². The molecule has 21 heteroatoms. The van der Waals surface area contributed by atoms with Crippen LogP contribution in [-0.2, 0) is 44.7 Å². The number of benzene rings is 3. The number of rotatable bonds is 21. The number of carbonyl (C=O) groups is 9. The van der Waals surface area contributed by atoms with Gasteiger partial charge in [-0.05, 0) is 107 Å². The quantitative estimate of drug-likeness (QED) is 0.0682. The number of hydrogen-bond acceptors (Lipinski definition) is 13. The van der Waals surface area contributed by atoms with Crippen LogP contribution >= 0.6 is 0 Å². The number of carbonyl (C=O) groups excluding carboxylic acids is 9. The zero-order chi connectivity index (χ0) is 56.1. The number of likely N-dealkylation sites (tertiary alicyclic amines) is 2. The van der Waals surface area contributed by atoms with E-state index in [1.54, 1.807) is 20.9 Å². The van der Waals surface area contributed by atoms with Gasteiger partial charge in [0.05, 0.1) is 31.8 Å². The molecule has 0 bridgehead atoms. The van der Waals surface area contributed by atoms with Crippen LogP contribution in [-0.4, -0.2) is 157 Å². The molecule has 8 amide bonds. The highest BCUT2D eigenvalue weighted by molar-refractivity contribution is 6.01. The molecule has 3 aliphatic rings. The fourth-order valence-corrected chi connectivity index (χ4v) is 10.1. The lowest BCUT2D eigenvalue weighted by atomic mass is 9.85. The summed E-state index contributed by atoms with van der Waals surface area (Å²) in [5.74, 6) is -5.04. The Balaban J connectivity index is 1.20. The number of esters is 1. The number of ether oxygens (including phenoxy) is 1. The molecular formula is C56H76N10O11. The Morgan fingerprint density at radius 3 is 1.87 bits per heavy atom. The topological polar surface area (TPSA) is 286 Å². The fourth-order valence-electron chi connectivity index (χ4n) is 10.1. The first-order valence-electron chi connectivity index (χ1n) is 26.4. The van der Waals surface area contributed by atoms with Crippen molar-refractivity contribution >= 4 is 53.2 Å². The van der Waals surface area contributed by atoms with Gasteiger partial charge in [-0.25, -0.2) is 0 Å². The number of amides is 8. The maximum absolute atomic E-state index is 14.7. The van der Waals surface area contributed by atoms with Gasteiger partial charge in [0.25, 0.3) is 11.8 Å². The SMILES string of the molecule is CN[C@@H](C)C(=O)NC(C(=O)N1C[C@@H](NC(=O)c2cccc(C(=O)N[C@H]3C[C@@H](C(=O)N[C@H](C)c4ccccc4)N(C(=O)[C@H](CCC(=O)OC)NC(=O)[C@H](CO)NC)C3)c2)C[C@H]1C(=O)N[C@@H]1CCCc2ccccc21)C(C)(C)C. The van der Waals surface area contributed by atoms with Crippen LogP contribution in [0.5, 0.6) is 0 Å². The highest BCUT2D eigenvalue weighted by atomic mass is 16.5. The summed E-state index contributed by atoms with van der Waals surface area (Å²) in [6.07, 6.45) is 2.03. The first kappa shape index (κ1) is 59.0. The second-order valence-electron chi connectivity index (χ2n) is 21.2. The van der Waals surface area contributed by atoms with E-state index in [4.69, 9.17) is 4.74 Å². The highest BCUT2D eigenvalue weighted by Gasteiger charge is 2.47. The largest absolute Gasteiger partial charge is 0.469 e. The predicted octanol–water partition coefficient (Wildman–Crippen LogP) is 1.31. The first-order valence-corrected chi connectivity index (χ1v) is 26.4. The Hall–Kier alpha value is -7.23. The molecule has 0 spiro atoms. The van der Waals surface area contributed by atoms with Crippen molar-refractivity contribution in [2.75, 3.05) is 40.9 Å². The number of fused-ring (bicyclic) bond motifs is 1. The first-order chi connectivity index (χ1) is 36.7. The Kier molecular flexibility index (Phi) is 20.5. The van der Waals surface area contributed by atoms with Crippen LogP contribution in [0.15, 0.2) is 78.9 Å². The van der Waals surface area contributed by atoms with Crippen molar-refractivity contribution in [2.45, 2.75) is 140 Å². The Morgan fingerprint density at radius 1 is 0.688 bits per heavy atom. The maximum atomic E-state index is 14.7. The second kappa shape index (κ2) is 26.7. The van der Waals surface area contributed by atoms with Gasteiger partial charge in [-0.2, -0.15) is 0 Å². The van der Waals surface area contributed by atoms with E-state index < -0.39 is 114 Å². The number of aryl methyl sites for hydroxylation is 1. The average molecular weight is 1070 g/mol. The Labute approximate surface area is 450 Å². The zero-order valence-electron chi connectivity index (χ0n) is 45.3. The predicted molar refractivity (Wildman–Crippen MR) is 285 cm³/mol. The van der Waals surface area contributed by atoms with E-state index in [0.717, 1.165) is 29.5 Å². The summed E-state index contributed by atoms with van der Waals surface area (Å²) < 4.78 is 4.79. The van der Waals surface area contributed by atoms with Crippen molar-refractivity contribution in [1.82, 2.24) is 52.3 Å². The summed E-state index contributed by atoms with van der Waals surface area (Å²) in [6.45, 7) is 8.13.